The van der Waals surface area contributed by atoms with Gasteiger partial charge in [-0.3, -0.25) is 0 Å². The van der Waals surface area contributed by atoms with Gasteiger partial charge in [-0.05, 0) is 63.0 Å². The van der Waals surface area contributed by atoms with Crippen LogP contribution in [-0.4, -0.2) is 30.6 Å². The second-order valence-electron chi connectivity index (χ2n) is 5.63. The van der Waals surface area contributed by atoms with Crippen molar-refractivity contribution in [2.24, 2.45) is 0 Å². The minimum absolute atomic E-state index is 0.529. The van der Waals surface area contributed by atoms with Gasteiger partial charge < -0.3 is 10.2 Å². The smallest absolute Gasteiger partial charge is 0.0211 e. The van der Waals surface area contributed by atoms with Gasteiger partial charge in [0.25, 0.3) is 0 Å². The predicted molar refractivity (Wildman–Crippen MR) is 84.7 cm³/mol. The van der Waals surface area contributed by atoms with Crippen LogP contribution in [0.3, 0.4) is 0 Å². The molecule has 0 aliphatic rings. The zero-order valence-electron chi connectivity index (χ0n) is 13.5. The van der Waals surface area contributed by atoms with Gasteiger partial charge >= 0.3 is 0 Å². The van der Waals surface area contributed by atoms with Crippen molar-refractivity contribution in [2.45, 2.75) is 54.1 Å². The number of hydrogen-bond acceptors (Lipinski definition) is 2. The van der Waals surface area contributed by atoms with Crippen molar-refractivity contribution in [3.8, 4) is 0 Å². The molecule has 0 amide bonds. The van der Waals surface area contributed by atoms with E-state index < -0.39 is 0 Å². The summed E-state index contributed by atoms with van der Waals surface area (Å²) in [6.07, 6.45) is 0. The van der Waals surface area contributed by atoms with E-state index in [2.05, 4.69) is 63.9 Å². The molecule has 1 atom stereocenters. The Kier molecular flexibility index (Phi) is 6.53. The lowest BCUT2D eigenvalue weighted by Crippen LogP contribution is -2.38. The Morgan fingerprint density at radius 3 is 2.16 bits per heavy atom. The molecule has 2 nitrogen and oxygen atoms in total. The van der Waals surface area contributed by atoms with Crippen LogP contribution in [0.2, 0.25) is 0 Å². The van der Waals surface area contributed by atoms with E-state index in [1.807, 2.05) is 0 Å². The van der Waals surface area contributed by atoms with Crippen LogP contribution >= 0.6 is 0 Å². The Balaban J connectivity index is 2.55. The summed E-state index contributed by atoms with van der Waals surface area (Å²) in [5, 5.41) is 3.64. The van der Waals surface area contributed by atoms with Crippen molar-refractivity contribution < 1.29 is 0 Å². The Labute approximate surface area is 119 Å². The molecule has 1 N–H and O–H groups in total. The minimum Gasteiger partial charge on any atom is -0.309 e. The number of nitrogens with zero attached hydrogens (tertiary/aromatic N) is 1. The summed E-state index contributed by atoms with van der Waals surface area (Å²) >= 11 is 0. The zero-order valence-corrected chi connectivity index (χ0v) is 13.5. The Morgan fingerprint density at radius 1 is 1.00 bits per heavy atom. The molecule has 1 unspecified atom stereocenters. The van der Waals surface area contributed by atoms with E-state index in [1.54, 1.807) is 0 Å². The van der Waals surface area contributed by atoms with Gasteiger partial charge in [-0.2, -0.15) is 0 Å². The number of hydrogen-bond donors (Lipinski definition) is 1. The average Bonchev–Trinajstić information content (AvgIpc) is 2.38. The molecule has 19 heavy (non-hydrogen) atoms. The predicted octanol–water partition coefficient (Wildman–Crippen LogP) is 3.43. The molecule has 0 aliphatic carbocycles. The molecule has 0 saturated heterocycles. The zero-order chi connectivity index (χ0) is 14.4. The fourth-order valence-electron chi connectivity index (χ4n) is 2.43. The highest BCUT2D eigenvalue weighted by Crippen LogP contribution is 2.15. The van der Waals surface area contributed by atoms with Crippen LogP contribution in [0.15, 0.2) is 12.1 Å². The van der Waals surface area contributed by atoms with E-state index in [0.29, 0.717) is 6.04 Å². The van der Waals surface area contributed by atoms with Crippen LogP contribution in [-0.2, 0) is 6.54 Å². The summed E-state index contributed by atoms with van der Waals surface area (Å²) in [4.78, 5) is 2.46. The fourth-order valence-corrected chi connectivity index (χ4v) is 2.43. The lowest BCUT2D eigenvalue weighted by molar-refractivity contribution is 0.270. The van der Waals surface area contributed by atoms with Crippen LogP contribution in [0.1, 0.15) is 43.0 Å². The monoisotopic (exact) mass is 262 g/mol. The summed E-state index contributed by atoms with van der Waals surface area (Å²) in [5.41, 5.74) is 5.59. The van der Waals surface area contributed by atoms with E-state index >= 15 is 0 Å². The first-order valence-corrected chi connectivity index (χ1v) is 7.50. The topological polar surface area (TPSA) is 15.3 Å². The summed E-state index contributed by atoms with van der Waals surface area (Å²) < 4.78 is 0. The molecular weight excluding hydrogens is 232 g/mol. The Morgan fingerprint density at radius 2 is 1.58 bits per heavy atom. The van der Waals surface area contributed by atoms with Crippen molar-refractivity contribution in [3.05, 3.63) is 34.4 Å². The number of likely N-dealkylation sites (N-methyl/N-ethyl adjacent to an activating group) is 1. The second-order valence-corrected chi connectivity index (χ2v) is 5.63. The average molecular weight is 262 g/mol. The van der Waals surface area contributed by atoms with Gasteiger partial charge in [0.15, 0.2) is 0 Å². The van der Waals surface area contributed by atoms with Gasteiger partial charge in [0.2, 0.25) is 0 Å². The first-order chi connectivity index (χ1) is 8.97. The highest BCUT2D eigenvalue weighted by Gasteiger charge is 2.08. The van der Waals surface area contributed by atoms with Crippen molar-refractivity contribution in [1.29, 1.82) is 0 Å². The van der Waals surface area contributed by atoms with E-state index in [4.69, 9.17) is 0 Å². The van der Waals surface area contributed by atoms with Crippen molar-refractivity contribution in [1.82, 2.24) is 10.2 Å². The molecule has 2 heteroatoms. The third-order valence-corrected chi connectivity index (χ3v) is 4.02. The van der Waals surface area contributed by atoms with Crippen LogP contribution in [0.4, 0.5) is 0 Å². The minimum atomic E-state index is 0.529. The van der Waals surface area contributed by atoms with Gasteiger partial charge in [0.05, 0.1) is 0 Å². The maximum atomic E-state index is 3.64. The highest BCUT2D eigenvalue weighted by atomic mass is 15.1. The fraction of sp³-hybridized carbons (Fsp3) is 0.647. The van der Waals surface area contributed by atoms with Gasteiger partial charge in [0, 0.05) is 19.1 Å². The van der Waals surface area contributed by atoms with E-state index in [0.717, 1.165) is 26.2 Å². The molecule has 1 rings (SSSR count). The van der Waals surface area contributed by atoms with Crippen LogP contribution < -0.4 is 5.32 Å². The maximum absolute atomic E-state index is 3.64. The summed E-state index contributed by atoms with van der Waals surface area (Å²) in [6.45, 7) is 17.7. The molecular formula is C17H30N2. The molecule has 0 fully saturated rings. The van der Waals surface area contributed by atoms with Crippen LogP contribution in [0, 0.1) is 20.8 Å². The van der Waals surface area contributed by atoms with Gasteiger partial charge in [-0.25, -0.2) is 0 Å². The first-order valence-electron chi connectivity index (χ1n) is 7.50. The third kappa shape index (κ3) is 4.96. The molecule has 0 spiro atoms. The maximum Gasteiger partial charge on any atom is 0.0211 e. The van der Waals surface area contributed by atoms with Gasteiger partial charge in [-0.15, -0.1) is 0 Å². The number of rotatable bonds is 7. The molecule has 0 aromatic heterocycles. The molecule has 1 aromatic carbocycles. The van der Waals surface area contributed by atoms with E-state index in [9.17, 15) is 0 Å². The van der Waals surface area contributed by atoms with Crippen molar-refractivity contribution in [3.63, 3.8) is 0 Å². The van der Waals surface area contributed by atoms with E-state index in [-0.39, 0.29) is 0 Å². The normalized spacial score (nSPS) is 13.0. The number of nitrogens with one attached hydrogen (secondary N) is 1. The quantitative estimate of drug-likeness (QED) is 0.810. The summed E-state index contributed by atoms with van der Waals surface area (Å²) in [5.74, 6) is 0. The Bertz CT molecular complexity index is 394. The Hall–Kier alpha value is -0.860. The third-order valence-electron chi connectivity index (χ3n) is 4.02. The van der Waals surface area contributed by atoms with Crippen LogP contribution in [0.25, 0.3) is 0 Å². The lowest BCUT2D eigenvalue weighted by Gasteiger charge is -2.24. The van der Waals surface area contributed by atoms with Crippen molar-refractivity contribution >= 4 is 0 Å². The lowest BCUT2D eigenvalue weighted by atomic mass is 10.0. The SMILES string of the molecule is CCN(CC)CC(C)NCc1cc(C)c(C)cc1C. The standard InChI is InChI=1S/C17H30N2/c1-7-19(8-2)12-16(6)18-11-17-10-14(4)13(3)9-15(17)5/h9-10,16,18H,7-8,11-12H2,1-6H3. The largest absolute Gasteiger partial charge is 0.309 e. The molecule has 0 bridgehead atoms. The summed E-state index contributed by atoms with van der Waals surface area (Å²) in [7, 11) is 0. The van der Waals surface area contributed by atoms with Crippen LogP contribution in [0.5, 0.6) is 0 Å². The molecule has 0 radical (unpaired) electrons. The molecule has 0 heterocycles. The number of aryl methyl sites for hydroxylation is 3. The first kappa shape index (κ1) is 16.2. The molecule has 0 saturated carbocycles. The molecule has 0 aliphatic heterocycles. The summed E-state index contributed by atoms with van der Waals surface area (Å²) in [6, 6.07) is 5.14. The van der Waals surface area contributed by atoms with Crippen molar-refractivity contribution in [2.75, 3.05) is 19.6 Å². The number of benzene rings is 1. The molecule has 1 aromatic rings. The van der Waals surface area contributed by atoms with E-state index in [1.165, 1.54) is 22.3 Å². The van der Waals surface area contributed by atoms with Gasteiger partial charge in [-0.1, -0.05) is 26.0 Å². The second kappa shape index (κ2) is 7.66. The highest BCUT2D eigenvalue weighted by molar-refractivity contribution is 5.36. The molecule has 108 valence electrons. The van der Waals surface area contributed by atoms with Gasteiger partial charge in [0.1, 0.15) is 0 Å².